The number of likely N-dealkylation sites (tertiary alicyclic amines) is 1. The summed E-state index contributed by atoms with van der Waals surface area (Å²) in [7, 11) is 0. The Balaban J connectivity index is 1.11. The largest absolute Gasteiger partial charge is 0.486 e. The van der Waals surface area contributed by atoms with E-state index < -0.39 is 0 Å². The number of aromatic nitrogens is 3. The molecule has 31 heavy (non-hydrogen) atoms. The summed E-state index contributed by atoms with van der Waals surface area (Å²) >= 11 is 0. The molecule has 0 radical (unpaired) electrons. The third kappa shape index (κ3) is 5.03. The summed E-state index contributed by atoms with van der Waals surface area (Å²) in [5.41, 5.74) is 1.20. The molecule has 2 aliphatic heterocycles. The van der Waals surface area contributed by atoms with Gasteiger partial charge in [0, 0.05) is 32.0 Å². The predicted molar refractivity (Wildman–Crippen MR) is 112 cm³/mol. The topological polar surface area (TPSA) is 78.8 Å². The van der Waals surface area contributed by atoms with Crippen molar-refractivity contribution in [3.63, 3.8) is 0 Å². The average molecular weight is 420 g/mol. The van der Waals surface area contributed by atoms with Crippen molar-refractivity contribution in [2.24, 2.45) is 0 Å². The van der Waals surface area contributed by atoms with E-state index >= 15 is 0 Å². The molecule has 8 heteroatoms. The molecule has 1 fully saturated rings. The van der Waals surface area contributed by atoms with E-state index in [9.17, 15) is 0 Å². The Morgan fingerprint density at radius 1 is 1.00 bits per heavy atom. The highest BCUT2D eigenvalue weighted by Gasteiger charge is 2.25. The van der Waals surface area contributed by atoms with E-state index in [1.165, 1.54) is 5.56 Å². The summed E-state index contributed by atoms with van der Waals surface area (Å²) in [5, 5.41) is 0. The number of rotatable bonds is 7. The standard InChI is InChI=1S/C23H24N4O4/c1-2-6-21-20(5-1)28-15-19(30-21)16-29-22-11-25-12-23(26-22)31-18-7-9-27(14-18)13-17-4-3-8-24-10-17/h1-6,8,10-12,18-19H,7,9,13-16H2. The molecular weight excluding hydrogens is 396 g/mol. The molecule has 1 saturated heterocycles. The van der Waals surface area contributed by atoms with Crippen LogP contribution in [-0.4, -0.2) is 58.4 Å². The molecule has 4 heterocycles. The average Bonchev–Trinajstić information content (AvgIpc) is 3.25. The van der Waals surface area contributed by atoms with Gasteiger partial charge in [-0.05, 0) is 30.2 Å². The van der Waals surface area contributed by atoms with Crippen molar-refractivity contribution in [1.82, 2.24) is 19.9 Å². The number of hydrogen-bond donors (Lipinski definition) is 0. The molecule has 8 nitrogen and oxygen atoms in total. The van der Waals surface area contributed by atoms with Crippen molar-refractivity contribution < 1.29 is 18.9 Å². The molecule has 0 aliphatic carbocycles. The third-order valence-electron chi connectivity index (χ3n) is 5.22. The van der Waals surface area contributed by atoms with E-state index in [0.717, 1.165) is 37.6 Å². The van der Waals surface area contributed by atoms with E-state index in [1.807, 2.05) is 36.5 Å². The van der Waals surface area contributed by atoms with Crippen LogP contribution in [0.25, 0.3) is 0 Å². The molecule has 2 aliphatic rings. The Labute approximate surface area is 180 Å². The van der Waals surface area contributed by atoms with Gasteiger partial charge in [0.2, 0.25) is 11.8 Å². The van der Waals surface area contributed by atoms with Crippen LogP contribution in [0.2, 0.25) is 0 Å². The SMILES string of the molecule is c1cncc(CN2CCC(Oc3cncc(OCC4COc5ccccc5O4)n3)C2)c1. The Bertz CT molecular complexity index is 1000. The number of hydrogen-bond acceptors (Lipinski definition) is 8. The van der Waals surface area contributed by atoms with E-state index in [4.69, 9.17) is 18.9 Å². The van der Waals surface area contributed by atoms with Crippen LogP contribution in [0.1, 0.15) is 12.0 Å². The van der Waals surface area contributed by atoms with Crippen LogP contribution >= 0.6 is 0 Å². The van der Waals surface area contributed by atoms with Gasteiger partial charge in [-0.15, -0.1) is 0 Å². The van der Waals surface area contributed by atoms with E-state index in [1.54, 1.807) is 18.6 Å². The van der Waals surface area contributed by atoms with Crippen LogP contribution < -0.4 is 18.9 Å². The summed E-state index contributed by atoms with van der Waals surface area (Å²) in [4.78, 5) is 15.2. The molecule has 0 amide bonds. The Morgan fingerprint density at radius 2 is 1.90 bits per heavy atom. The number of nitrogens with zero attached hydrogens (tertiary/aromatic N) is 4. The van der Waals surface area contributed by atoms with Crippen LogP contribution in [0.5, 0.6) is 23.3 Å². The van der Waals surface area contributed by atoms with Gasteiger partial charge in [-0.1, -0.05) is 18.2 Å². The van der Waals surface area contributed by atoms with Gasteiger partial charge < -0.3 is 18.9 Å². The van der Waals surface area contributed by atoms with E-state index in [0.29, 0.717) is 25.0 Å². The lowest BCUT2D eigenvalue weighted by Crippen LogP contribution is -2.34. The number of para-hydroxylation sites is 2. The first-order valence-electron chi connectivity index (χ1n) is 10.4. The second kappa shape index (κ2) is 9.18. The van der Waals surface area contributed by atoms with Gasteiger partial charge in [0.05, 0.1) is 12.4 Å². The smallest absolute Gasteiger partial charge is 0.235 e. The van der Waals surface area contributed by atoms with Crippen LogP contribution in [0.4, 0.5) is 0 Å². The zero-order chi connectivity index (χ0) is 20.9. The highest BCUT2D eigenvalue weighted by molar-refractivity contribution is 5.40. The van der Waals surface area contributed by atoms with Crippen LogP contribution in [0, 0.1) is 0 Å². The first kappa shape index (κ1) is 19.6. The second-order valence-electron chi connectivity index (χ2n) is 7.63. The maximum absolute atomic E-state index is 6.06. The lowest BCUT2D eigenvalue weighted by Gasteiger charge is -2.26. The predicted octanol–water partition coefficient (Wildman–Crippen LogP) is 2.74. The van der Waals surface area contributed by atoms with Crippen molar-refractivity contribution in [3.8, 4) is 23.3 Å². The van der Waals surface area contributed by atoms with Crippen molar-refractivity contribution in [3.05, 3.63) is 66.7 Å². The van der Waals surface area contributed by atoms with E-state index in [2.05, 4.69) is 25.9 Å². The molecule has 160 valence electrons. The maximum atomic E-state index is 6.06. The second-order valence-corrected chi connectivity index (χ2v) is 7.63. The van der Waals surface area contributed by atoms with Crippen molar-refractivity contribution in [2.75, 3.05) is 26.3 Å². The first-order valence-corrected chi connectivity index (χ1v) is 10.4. The van der Waals surface area contributed by atoms with Crippen molar-refractivity contribution in [1.29, 1.82) is 0 Å². The minimum Gasteiger partial charge on any atom is -0.486 e. The lowest BCUT2D eigenvalue weighted by atomic mass is 10.3. The fourth-order valence-electron chi connectivity index (χ4n) is 3.74. The van der Waals surface area contributed by atoms with Gasteiger partial charge in [0.25, 0.3) is 0 Å². The summed E-state index contributed by atoms with van der Waals surface area (Å²) in [5.74, 6) is 2.35. The van der Waals surface area contributed by atoms with Crippen LogP contribution in [-0.2, 0) is 6.54 Å². The molecule has 0 spiro atoms. The van der Waals surface area contributed by atoms with Gasteiger partial charge in [-0.3, -0.25) is 14.9 Å². The van der Waals surface area contributed by atoms with Crippen molar-refractivity contribution >= 4 is 0 Å². The molecule has 0 bridgehead atoms. The first-order chi connectivity index (χ1) is 15.3. The molecule has 0 N–H and O–H groups in total. The Morgan fingerprint density at radius 3 is 2.81 bits per heavy atom. The summed E-state index contributed by atoms with van der Waals surface area (Å²) in [6.07, 6.45) is 7.70. The fourth-order valence-corrected chi connectivity index (χ4v) is 3.74. The molecule has 2 atom stereocenters. The normalized spacial score (nSPS) is 20.4. The molecule has 5 rings (SSSR count). The van der Waals surface area contributed by atoms with E-state index in [-0.39, 0.29) is 12.2 Å². The van der Waals surface area contributed by atoms with Gasteiger partial charge in [-0.25, -0.2) is 0 Å². The Hall–Kier alpha value is -3.39. The van der Waals surface area contributed by atoms with Crippen LogP contribution in [0.3, 0.4) is 0 Å². The summed E-state index contributed by atoms with van der Waals surface area (Å²) < 4.78 is 23.5. The zero-order valence-electron chi connectivity index (χ0n) is 17.1. The molecule has 2 aromatic heterocycles. The minimum atomic E-state index is -0.211. The zero-order valence-corrected chi connectivity index (χ0v) is 17.1. The fraction of sp³-hybridized carbons (Fsp3) is 0.348. The highest BCUT2D eigenvalue weighted by Crippen LogP contribution is 2.31. The maximum Gasteiger partial charge on any atom is 0.235 e. The van der Waals surface area contributed by atoms with Gasteiger partial charge in [-0.2, -0.15) is 4.98 Å². The molecule has 1 aromatic carbocycles. The van der Waals surface area contributed by atoms with Crippen LogP contribution in [0.15, 0.2) is 61.2 Å². The molecule has 3 aromatic rings. The third-order valence-corrected chi connectivity index (χ3v) is 5.22. The number of benzene rings is 1. The monoisotopic (exact) mass is 420 g/mol. The highest BCUT2D eigenvalue weighted by atomic mass is 16.6. The molecular formula is C23H24N4O4. The van der Waals surface area contributed by atoms with Gasteiger partial charge in [0.1, 0.15) is 19.3 Å². The van der Waals surface area contributed by atoms with Gasteiger partial charge in [0.15, 0.2) is 17.6 Å². The minimum absolute atomic E-state index is 0.0767. The summed E-state index contributed by atoms with van der Waals surface area (Å²) in [6.45, 7) is 3.43. The molecule has 2 unspecified atom stereocenters. The lowest BCUT2D eigenvalue weighted by molar-refractivity contribution is 0.0516. The summed E-state index contributed by atoms with van der Waals surface area (Å²) in [6, 6.07) is 11.7. The Kier molecular flexibility index (Phi) is 5.79. The molecule has 0 saturated carbocycles. The quantitative estimate of drug-likeness (QED) is 0.577. The van der Waals surface area contributed by atoms with Crippen molar-refractivity contribution in [2.45, 2.75) is 25.2 Å². The van der Waals surface area contributed by atoms with Gasteiger partial charge >= 0.3 is 0 Å². The number of pyridine rings is 1. The number of fused-ring (bicyclic) bond motifs is 1. The number of ether oxygens (including phenoxy) is 4.